The van der Waals surface area contributed by atoms with Gasteiger partial charge in [-0.15, -0.1) is 0 Å². The Bertz CT molecular complexity index is 1090. The molecule has 1 amide bonds. The highest BCUT2D eigenvalue weighted by atomic mass is 32.2. The molecule has 2 heterocycles. The maximum Gasteiger partial charge on any atom is 0.253 e. The van der Waals surface area contributed by atoms with Gasteiger partial charge in [0.1, 0.15) is 16.4 Å². The Morgan fingerprint density at radius 2 is 1.56 bits per heavy atom. The highest BCUT2D eigenvalue weighted by Gasteiger charge is 2.31. The molecule has 9 heteroatoms. The molecule has 0 saturated carbocycles. The molecule has 2 saturated heterocycles. The van der Waals surface area contributed by atoms with Gasteiger partial charge < -0.3 is 14.4 Å². The minimum absolute atomic E-state index is 0.0703. The molecule has 2 fully saturated rings. The predicted molar refractivity (Wildman–Crippen MR) is 130 cm³/mol. The zero-order valence-electron chi connectivity index (χ0n) is 19.9. The van der Waals surface area contributed by atoms with Crippen molar-refractivity contribution in [3.05, 3.63) is 53.6 Å². The molecule has 0 aliphatic carbocycles. The van der Waals surface area contributed by atoms with E-state index < -0.39 is 10.0 Å². The highest BCUT2D eigenvalue weighted by Crippen LogP contribution is 2.30. The summed E-state index contributed by atoms with van der Waals surface area (Å²) in [5.74, 6) is 0.980. The summed E-state index contributed by atoms with van der Waals surface area (Å²) in [6, 6.07) is 12.8. The molecule has 0 atom stereocenters. The molecule has 0 bridgehead atoms. The van der Waals surface area contributed by atoms with E-state index in [9.17, 15) is 13.2 Å². The summed E-state index contributed by atoms with van der Waals surface area (Å²) >= 11 is 0. The van der Waals surface area contributed by atoms with Gasteiger partial charge in [0.25, 0.3) is 5.91 Å². The van der Waals surface area contributed by atoms with Crippen molar-refractivity contribution in [1.82, 2.24) is 14.1 Å². The van der Waals surface area contributed by atoms with Crippen LogP contribution >= 0.6 is 0 Å². The number of nitrogens with zero attached hydrogens (tertiary/aromatic N) is 3. The lowest BCUT2D eigenvalue weighted by Gasteiger charge is -2.35. The molecule has 2 aliphatic heterocycles. The van der Waals surface area contributed by atoms with E-state index in [1.165, 1.54) is 23.0 Å². The number of hydrogen-bond donors (Lipinski definition) is 0. The first kappa shape index (κ1) is 24.5. The van der Waals surface area contributed by atoms with Crippen LogP contribution in [0.4, 0.5) is 0 Å². The number of amides is 1. The smallest absolute Gasteiger partial charge is 0.253 e. The topological polar surface area (TPSA) is 79.4 Å². The number of ether oxygens (including phenoxy) is 2. The van der Waals surface area contributed by atoms with Crippen molar-refractivity contribution in [3.63, 3.8) is 0 Å². The van der Waals surface area contributed by atoms with Crippen molar-refractivity contribution in [3.8, 4) is 11.5 Å². The summed E-state index contributed by atoms with van der Waals surface area (Å²) in [4.78, 5) is 17.4. The van der Waals surface area contributed by atoms with Crippen molar-refractivity contribution in [2.24, 2.45) is 0 Å². The molecular formula is C25H33N3O5S. The van der Waals surface area contributed by atoms with Gasteiger partial charge in [-0.3, -0.25) is 9.69 Å². The first-order valence-electron chi connectivity index (χ1n) is 11.7. The van der Waals surface area contributed by atoms with E-state index in [-0.39, 0.29) is 16.6 Å². The first-order chi connectivity index (χ1) is 16.4. The molecule has 0 N–H and O–H groups in total. The Hall–Kier alpha value is -2.62. The fourth-order valence-corrected chi connectivity index (χ4v) is 6.21. The molecule has 2 aliphatic rings. The number of carbonyl (C=O) groups excluding carboxylic acids is 1. The summed E-state index contributed by atoms with van der Waals surface area (Å²) in [6.07, 6.45) is 2.64. The average Bonchev–Trinajstić information content (AvgIpc) is 3.43. The van der Waals surface area contributed by atoms with Crippen LogP contribution in [-0.2, 0) is 16.4 Å². The van der Waals surface area contributed by atoms with E-state index in [0.717, 1.165) is 44.6 Å². The van der Waals surface area contributed by atoms with Crippen LogP contribution < -0.4 is 9.47 Å². The Morgan fingerprint density at radius 1 is 0.882 bits per heavy atom. The van der Waals surface area contributed by atoms with Gasteiger partial charge in [-0.1, -0.05) is 12.1 Å². The fourth-order valence-electron chi connectivity index (χ4n) is 4.52. The van der Waals surface area contributed by atoms with E-state index in [0.29, 0.717) is 31.7 Å². The average molecular weight is 488 g/mol. The SMILES string of the molecule is COc1ccc(CCN2CCN(C(=O)c3ccc(OC)c(S(=O)(=O)N4CCCC4)c3)CC2)cc1. The number of carbonyl (C=O) groups is 1. The lowest BCUT2D eigenvalue weighted by molar-refractivity contribution is 0.0638. The standard InChI is InChI=1S/C25H33N3O5S/c1-32-22-8-5-20(6-9-22)11-14-26-15-17-27(18-16-26)25(29)21-7-10-23(33-2)24(19-21)34(30,31)28-12-3-4-13-28/h5-10,19H,3-4,11-18H2,1-2H3. The molecule has 2 aromatic carbocycles. The van der Waals surface area contributed by atoms with Gasteiger partial charge in [0, 0.05) is 51.4 Å². The first-order valence-corrected chi connectivity index (χ1v) is 13.2. The quantitative estimate of drug-likeness (QED) is 0.569. The van der Waals surface area contributed by atoms with Gasteiger partial charge in [0.2, 0.25) is 10.0 Å². The van der Waals surface area contributed by atoms with E-state index in [2.05, 4.69) is 17.0 Å². The van der Waals surface area contributed by atoms with Gasteiger partial charge in [-0.25, -0.2) is 8.42 Å². The Labute approximate surface area is 202 Å². The summed E-state index contributed by atoms with van der Waals surface area (Å²) in [6.45, 7) is 4.73. The van der Waals surface area contributed by atoms with Crippen LogP contribution in [0.25, 0.3) is 0 Å². The van der Waals surface area contributed by atoms with Crippen molar-refractivity contribution >= 4 is 15.9 Å². The zero-order valence-corrected chi connectivity index (χ0v) is 20.7. The molecule has 184 valence electrons. The molecule has 0 spiro atoms. The molecule has 2 aromatic rings. The van der Waals surface area contributed by atoms with Crippen LogP contribution in [-0.4, -0.2) is 88.5 Å². The van der Waals surface area contributed by atoms with Crippen LogP contribution in [0, 0.1) is 0 Å². The minimum Gasteiger partial charge on any atom is -0.497 e. The normalized spacial score (nSPS) is 17.6. The molecule has 0 radical (unpaired) electrons. The van der Waals surface area contributed by atoms with Crippen molar-refractivity contribution in [1.29, 1.82) is 0 Å². The van der Waals surface area contributed by atoms with Gasteiger partial charge in [-0.2, -0.15) is 4.31 Å². The minimum atomic E-state index is -3.69. The van der Waals surface area contributed by atoms with E-state index in [1.54, 1.807) is 24.1 Å². The second kappa shape index (κ2) is 10.8. The molecule has 4 rings (SSSR count). The second-order valence-corrected chi connectivity index (χ2v) is 10.6. The van der Waals surface area contributed by atoms with Crippen LogP contribution in [0.1, 0.15) is 28.8 Å². The molecule has 34 heavy (non-hydrogen) atoms. The zero-order chi connectivity index (χ0) is 24.1. The summed E-state index contributed by atoms with van der Waals surface area (Å²) in [5, 5.41) is 0. The Morgan fingerprint density at radius 3 is 2.18 bits per heavy atom. The van der Waals surface area contributed by atoms with Gasteiger partial charge in [0.05, 0.1) is 14.2 Å². The number of rotatable bonds is 8. The van der Waals surface area contributed by atoms with E-state index in [1.807, 2.05) is 12.1 Å². The lowest BCUT2D eigenvalue weighted by atomic mass is 10.1. The molecule has 8 nitrogen and oxygen atoms in total. The second-order valence-electron chi connectivity index (χ2n) is 8.71. The van der Waals surface area contributed by atoms with Crippen LogP contribution in [0.15, 0.2) is 47.4 Å². The van der Waals surface area contributed by atoms with E-state index in [4.69, 9.17) is 9.47 Å². The third kappa shape index (κ3) is 5.37. The number of hydrogen-bond acceptors (Lipinski definition) is 6. The maximum absolute atomic E-state index is 13.2. The van der Waals surface area contributed by atoms with Gasteiger partial charge >= 0.3 is 0 Å². The maximum atomic E-state index is 13.2. The van der Waals surface area contributed by atoms with E-state index >= 15 is 0 Å². The Balaban J connectivity index is 1.38. The molecule has 0 unspecified atom stereocenters. The lowest BCUT2D eigenvalue weighted by Crippen LogP contribution is -2.49. The number of sulfonamides is 1. The largest absolute Gasteiger partial charge is 0.497 e. The van der Waals surface area contributed by atoms with Crippen LogP contribution in [0.2, 0.25) is 0 Å². The summed E-state index contributed by atoms with van der Waals surface area (Å²) < 4.78 is 38.3. The molecule has 0 aromatic heterocycles. The third-order valence-corrected chi connectivity index (χ3v) is 8.55. The number of piperazine rings is 1. The summed E-state index contributed by atoms with van der Waals surface area (Å²) in [5.41, 5.74) is 1.63. The number of methoxy groups -OCH3 is 2. The molecular weight excluding hydrogens is 454 g/mol. The fraction of sp³-hybridized carbons (Fsp3) is 0.480. The monoisotopic (exact) mass is 487 g/mol. The van der Waals surface area contributed by atoms with Crippen LogP contribution in [0.3, 0.4) is 0 Å². The Kier molecular flexibility index (Phi) is 7.75. The van der Waals surface area contributed by atoms with Crippen molar-refractivity contribution < 1.29 is 22.7 Å². The highest BCUT2D eigenvalue weighted by molar-refractivity contribution is 7.89. The van der Waals surface area contributed by atoms with Gasteiger partial charge in [-0.05, 0) is 55.2 Å². The van der Waals surface area contributed by atoms with Crippen molar-refractivity contribution in [2.75, 3.05) is 60.0 Å². The van der Waals surface area contributed by atoms with Gasteiger partial charge in [0.15, 0.2) is 0 Å². The van der Waals surface area contributed by atoms with Crippen molar-refractivity contribution in [2.45, 2.75) is 24.2 Å². The van der Waals surface area contributed by atoms with Crippen LogP contribution in [0.5, 0.6) is 11.5 Å². The third-order valence-electron chi connectivity index (χ3n) is 6.63. The predicted octanol–water partition coefficient (Wildman–Crippen LogP) is 2.49. The number of benzene rings is 2. The summed E-state index contributed by atoms with van der Waals surface area (Å²) in [7, 11) is -0.583.